The number of methoxy groups -OCH3 is 1. The zero-order chi connectivity index (χ0) is 13.4. The second kappa shape index (κ2) is 7.13. The van der Waals surface area contributed by atoms with Crippen molar-refractivity contribution in [2.75, 3.05) is 13.7 Å². The van der Waals surface area contributed by atoms with Gasteiger partial charge in [0.15, 0.2) is 0 Å². The van der Waals surface area contributed by atoms with Crippen molar-refractivity contribution in [1.29, 1.82) is 0 Å². The summed E-state index contributed by atoms with van der Waals surface area (Å²) in [5.41, 5.74) is 0.182. The van der Waals surface area contributed by atoms with Gasteiger partial charge in [-0.05, 0) is 25.1 Å². The van der Waals surface area contributed by atoms with Crippen LogP contribution in [0.5, 0.6) is 5.75 Å². The van der Waals surface area contributed by atoms with E-state index in [-0.39, 0.29) is 12.2 Å². The number of hydrogen-bond acceptors (Lipinski definition) is 7. The molecular formula is C11H12O7. The van der Waals surface area contributed by atoms with Crippen LogP contribution in [-0.2, 0) is 19.6 Å². The minimum atomic E-state index is -1.10. The first kappa shape index (κ1) is 13.8. The summed E-state index contributed by atoms with van der Waals surface area (Å²) in [5.74, 6) is -0.353. The van der Waals surface area contributed by atoms with Gasteiger partial charge in [-0.2, -0.15) is 0 Å². The van der Waals surface area contributed by atoms with E-state index in [2.05, 4.69) is 19.6 Å². The van der Waals surface area contributed by atoms with Gasteiger partial charge in [0.25, 0.3) is 0 Å². The largest absolute Gasteiger partial charge is 0.543 e. The highest BCUT2D eigenvalue weighted by Crippen LogP contribution is 2.13. The first-order chi connectivity index (χ1) is 8.67. The summed E-state index contributed by atoms with van der Waals surface area (Å²) in [7, 11) is 1.46. The maximum atomic E-state index is 11.4. The molecule has 7 heteroatoms. The van der Waals surface area contributed by atoms with Crippen molar-refractivity contribution in [2.24, 2.45) is 0 Å². The molecular weight excluding hydrogens is 244 g/mol. The highest BCUT2D eigenvalue weighted by Gasteiger charge is 2.12. The number of rotatable bonds is 5. The summed E-state index contributed by atoms with van der Waals surface area (Å²) in [6, 6.07) is 6.18. The fourth-order valence-electron chi connectivity index (χ4n) is 1.02. The number of benzene rings is 1. The lowest BCUT2D eigenvalue weighted by Gasteiger charge is -2.03. The van der Waals surface area contributed by atoms with Crippen LogP contribution in [-0.4, -0.2) is 25.8 Å². The molecule has 0 unspecified atom stereocenters. The summed E-state index contributed by atoms with van der Waals surface area (Å²) in [5, 5.41) is 3.97. The van der Waals surface area contributed by atoms with E-state index in [1.807, 2.05) is 0 Å². The van der Waals surface area contributed by atoms with Crippen LogP contribution in [0.25, 0.3) is 0 Å². The molecule has 1 rings (SSSR count). The van der Waals surface area contributed by atoms with E-state index in [1.165, 1.54) is 19.2 Å². The average Bonchev–Trinajstić information content (AvgIpc) is 2.39. The molecule has 0 spiro atoms. The lowest BCUT2D eigenvalue weighted by Crippen LogP contribution is -2.12. The van der Waals surface area contributed by atoms with Crippen LogP contribution in [0.1, 0.15) is 17.3 Å². The van der Waals surface area contributed by atoms with Gasteiger partial charge >= 0.3 is 12.1 Å². The molecule has 0 saturated carbocycles. The third-order valence-corrected chi connectivity index (χ3v) is 1.78. The van der Waals surface area contributed by atoms with Crippen molar-refractivity contribution >= 4 is 12.1 Å². The van der Waals surface area contributed by atoms with Gasteiger partial charge in [-0.15, -0.1) is 0 Å². The molecule has 0 aliphatic heterocycles. The molecule has 0 fully saturated rings. The molecule has 0 radical (unpaired) electrons. The number of carbonyl (C=O) groups excluding carboxylic acids is 2. The third-order valence-electron chi connectivity index (χ3n) is 1.78. The van der Waals surface area contributed by atoms with Crippen molar-refractivity contribution < 1.29 is 33.9 Å². The molecule has 0 aliphatic rings. The first-order valence-corrected chi connectivity index (χ1v) is 5.03. The highest BCUT2D eigenvalue weighted by atomic mass is 17.5. The summed E-state index contributed by atoms with van der Waals surface area (Å²) in [4.78, 5) is 30.3. The molecule has 0 aromatic heterocycles. The van der Waals surface area contributed by atoms with E-state index in [0.29, 0.717) is 5.75 Å². The Morgan fingerprint density at radius 3 is 2.67 bits per heavy atom. The van der Waals surface area contributed by atoms with Gasteiger partial charge in [-0.1, -0.05) is 6.07 Å². The second-order valence-corrected chi connectivity index (χ2v) is 2.94. The van der Waals surface area contributed by atoms with Gasteiger partial charge in [0, 0.05) is 0 Å². The monoisotopic (exact) mass is 256 g/mol. The van der Waals surface area contributed by atoms with Crippen molar-refractivity contribution in [3.05, 3.63) is 29.8 Å². The fourth-order valence-corrected chi connectivity index (χ4v) is 1.02. The summed E-state index contributed by atoms with van der Waals surface area (Å²) < 4.78 is 9.29. The van der Waals surface area contributed by atoms with Crippen LogP contribution >= 0.6 is 0 Å². The van der Waals surface area contributed by atoms with Crippen LogP contribution in [0.3, 0.4) is 0 Å². The quantitative estimate of drug-likeness (QED) is 0.452. The average molecular weight is 256 g/mol. The van der Waals surface area contributed by atoms with Gasteiger partial charge in [0.1, 0.15) is 5.75 Å². The lowest BCUT2D eigenvalue weighted by atomic mass is 10.2. The zero-order valence-corrected chi connectivity index (χ0v) is 9.87. The van der Waals surface area contributed by atoms with Gasteiger partial charge in [-0.3, -0.25) is 4.89 Å². The Hall–Kier alpha value is -2.28. The van der Waals surface area contributed by atoms with Crippen molar-refractivity contribution in [1.82, 2.24) is 0 Å². The molecule has 0 heterocycles. The second-order valence-electron chi connectivity index (χ2n) is 2.94. The van der Waals surface area contributed by atoms with Crippen molar-refractivity contribution in [3.63, 3.8) is 0 Å². The Labute approximate surface area is 103 Å². The molecule has 0 atom stereocenters. The van der Waals surface area contributed by atoms with Crippen LogP contribution in [0, 0.1) is 0 Å². The Morgan fingerprint density at radius 1 is 1.22 bits per heavy atom. The standard InChI is InChI=1S/C11H12O7/c1-3-15-11(13)17-18-16-10(12)8-5-4-6-9(7-8)14-2/h4-7H,3H2,1-2H3. The predicted octanol–water partition coefficient (Wildman–Crippen LogP) is 1.87. The normalized spacial score (nSPS) is 9.44. The highest BCUT2D eigenvalue weighted by molar-refractivity contribution is 5.89. The smallest absolute Gasteiger partial charge is 0.497 e. The lowest BCUT2D eigenvalue weighted by molar-refractivity contribution is -0.452. The van der Waals surface area contributed by atoms with Gasteiger partial charge < -0.3 is 9.47 Å². The van der Waals surface area contributed by atoms with Crippen LogP contribution in [0.4, 0.5) is 4.79 Å². The maximum absolute atomic E-state index is 11.4. The van der Waals surface area contributed by atoms with Crippen LogP contribution < -0.4 is 4.74 Å². The Morgan fingerprint density at radius 2 is 2.00 bits per heavy atom. The Balaban J connectivity index is 2.42. The molecule has 1 aromatic carbocycles. The first-order valence-electron chi connectivity index (χ1n) is 5.03. The van der Waals surface area contributed by atoms with Crippen molar-refractivity contribution in [2.45, 2.75) is 6.92 Å². The minimum absolute atomic E-state index is 0.117. The summed E-state index contributed by atoms with van der Waals surface area (Å²) >= 11 is 0. The van der Waals surface area contributed by atoms with E-state index in [1.54, 1.807) is 19.1 Å². The molecule has 7 nitrogen and oxygen atoms in total. The van der Waals surface area contributed by atoms with E-state index >= 15 is 0 Å². The van der Waals surface area contributed by atoms with E-state index in [4.69, 9.17) is 4.74 Å². The number of hydrogen-bond donors (Lipinski definition) is 0. The SMILES string of the molecule is CCOC(=O)OOOC(=O)c1cccc(OC)c1. The fraction of sp³-hybridized carbons (Fsp3) is 0.273. The predicted molar refractivity (Wildman–Crippen MR) is 57.6 cm³/mol. The topological polar surface area (TPSA) is 80.3 Å². The van der Waals surface area contributed by atoms with E-state index in [0.717, 1.165) is 0 Å². The minimum Gasteiger partial charge on any atom is -0.497 e. The molecule has 0 bridgehead atoms. The zero-order valence-electron chi connectivity index (χ0n) is 9.87. The van der Waals surface area contributed by atoms with Gasteiger partial charge in [0.2, 0.25) is 0 Å². The Bertz CT molecular complexity index is 416. The molecule has 1 aromatic rings. The van der Waals surface area contributed by atoms with E-state index < -0.39 is 12.1 Å². The van der Waals surface area contributed by atoms with Gasteiger partial charge in [-0.25, -0.2) is 14.5 Å². The van der Waals surface area contributed by atoms with Crippen molar-refractivity contribution in [3.8, 4) is 5.75 Å². The maximum Gasteiger partial charge on any atom is 0.543 e. The molecule has 18 heavy (non-hydrogen) atoms. The summed E-state index contributed by atoms with van der Waals surface area (Å²) in [6.07, 6.45) is -1.10. The number of ether oxygens (including phenoxy) is 2. The molecule has 0 amide bonds. The van der Waals surface area contributed by atoms with Crippen LogP contribution in [0.15, 0.2) is 24.3 Å². The third kappa shape index (κ3) is 4.30. The Kier molecular flexibility index (Phi) is 5.46. The van der Waals surface area contributed by atoms with Crippen LogP contribution in [0.2, 0.25) is 0 Å². The molecule has 0 aliphatic carbocycles. The van der Waals surface area contributed by atoms with E-state index in [9.17, 15) is 9.59 Å². The van der Waals surface area contributed by atoms with Gasteiger partial charge in [0.05, 0.1) is 24.3 Å². The molecule has 0 saturated heterocycles. The molecule has 0 N–H and O–H groups in total. The molecule has 98 valence electrons. The summed E-state index contributed by atoms with van der Waals surface area (Å²) in [6.45, 7) is 1.70. The number of carbonyl (C=O) groups is 2.